The number of ketones is 1. The van der Waals surface area contributed by atoms with Gasteiger partial charge in [0.1, 0.15) is 6.04 Å². The van der Waals surface area contributed by atoms with E-state index in [1.165, 1.54) is 19.1 Å². The van der Waals surface area contributed by atoms with Crippen LogP contribution in [0.15, 0.2) is 78.9 Å². The van der Waals surface area contributed by atoms with E-state index in [4.69, 9.17) is 11.6 Å². The van der Waals surface area contributed by atoms with E-state index in [9.17, 15) is 18.0 Å². The first-order valence-corrected chi connectivity index (χ1v) is 11.7. The Labute approximate surface area is 186 Å². The maximum atomic E-state index is 13.0. The van der Waals surface area contributed by atoms with Gasteiger partial charge in [0.2, 0.25) is 15.9 Å². The standard InChI is InChI=1S/C23H21ClN2O4S/c1-16(26(31(2,29)30)19-11-7-4-8-12-19)23(28)25-21-14-13-18(24)15-20(21)22(27)17-9-5-3-6-10-17/h3-16H,1-2H3,(H,25,28)/t16-/m1/s1. The highest BCUT2D eigenvalue weighted by atomic mass is 35.5. The third-order valence-electron chi connectivity index (χ3n) is 4.62. The number of carbonyl (C=O) groups excluding carboxylic acids is 2. The number of nitrogens with zero attached hydrogens (tertiary/aromatic N) is 1. The van der Waals surface area contributed by atoms with Gasteiger partial charge in [-0.3, -0.25) is 13.9 Å². The number of hydrogen-bond acceptors (Lipinski definition) is 4. The lowest BCUT2D eigenvalue weighted by Gasteiger charge is -2.28. The summed E-state index contributed by atoms with van der Waals surface area (Å²) in [4.78, 5) is 26.0. The third-order valence-corrected chi connectivity index (χ3v) is 6.10. The van der Waals surface area contributed by atoms with Crippen molar-refractivity contribution in [3.63, 3.8) is 0 Å². The van der Waals surface area contributed by atoms with Gasteiger partial charge in [-0.25, -0.2) is 8.42 Å². The maximum Gasteiger partial charge on any atom is 0.248 e. The molecular weight excluding hydrogens is 436 g/mol. The van der Waals surface area contributed by atoms with Crippen molar-refractivity contribution < 1.29 is 18.0 Å². The molecule has 0 aromatic heterocycles. The zero-order valence-corrected chi connectivity index (χ0v) is 18.5. The van der Waals surface area contributed by atoms with Crippen LogP contribution in [-0.4, -0.2) is 32.4 Å². The molecule has 160 valence electrons. The van der Waals surface area contributed by atoms with E-state index in [2.05, 4.69) is 5.32 Å². The summed E-state index contributed by atoms with van der Waals surface area (Å²) in [6, 6.07) is 20.4. The second-order valence-corrected chi connectivity index (χ2v) is 9.24. The smallest absolute Gasteiger partial charge is 0.248 e. The number of rotatable bonds is 7. The molecule has 31 heavy (non-hydrogen) atoms. The highest BCUT2D eigenvalue weighted by Crippen LogP contribution is 2.26. The van der Waals surface area contributed by atoms with Crippen LogP contribution >= 0.6 is 11.6 Å². The van der Waals surface area contributed by atoms with Crippen molar-refractivity contribution in [1.82, 2.24) is 0 Å². The molecule has 1 amide bonds. The number of carbonyl (C=O) groups is 2. The zero-order valence-electron chi connectivity index (χ0n) is 16.9. The molecule has 0 saturated heterocycles. The summed E-state index contributed by atoms with van der Waals surface area (Å²) in [5.74, 6) is -0.896. The molecule has 3 rings (SSSR count). The maximum absolute atomic E-state index is 13.0. The summed E-state index contributed by atoms with van der Waals surface area (Å²) >= 11 is 6.09. The number of amides is 1. The number of hydrogen-bond donors (Lipinski definition) is 1. The second-order valence-electron chi connectivity index (χ2n) is 6.94. The van der Waals surface area contributed by atoms with Gasteiger partial charge in [0.25, 0.3) is 0 Å². The number of halogens is 1. The van der Waals surface area contributed by atoms with E-state index >= 15 is 0 Å². The summed E-state index contributed by atoms with van der Waals surface area (Å²) in [6.45, 7) is 1.48. The van der Waals surface area contributed by atoms with Crippen LogP contribution in [0.2, 0.25) is 5.02 Å². The van der Waals surface area contributed by atoms with Crippen LogP contribution in [0.4, 0.5) is 11.4 Å². The Morgan fingerprint density at radius 1 is 0.935 bits per heavy atom. The molecule has 1 N–H and O–H groups in total. The van der Waals surface area contributed by atoms with Crippen molar-refractivity contribution in [2.45, 2.75) is 13.0 Å². The summed E-state index contributed by atoms with van der Waals surface area (Å²) < 4.78 is 25.9. The van der Waals surface area contributed by atoms with E-state index in [-0.39, 0.29) is 17.0 Å². The van der Waals surface area contributed by atoms with Crippen molar-refractivity contribution in [2.75, 3.05) is 15.9 Å². The fourth-order valence-corrected chi connectivity index (χ4v) is 4.53. The van der Waals surface area contributed by atoms with Crippen LogP contribution in [0.5, 0.6) is 0 Å². The molecular formula is C23H21ClN2O4S. The van der Waals surface area contributed by atoms with Crippen molar-refractivity contribution >= 4 is 44.7 Å². The van der Waals surface area contributed by atoms with E-state index < -0.39 is 22.0 Å². The topological polar surface area (TPSA) is 83.6 Å². The number of benzene rings is 3. The van der Waals surface area contributed by atoms with Crippen LogP contribution in [-0.2, 0) is 14.8 Å². The number of nitrogens with one attached hydrogen (secondary N) is 1. The van der Waals surface area contributed by atoms with Crippen LogP contribution in [0.25, 0.3) is 0 Å². The van der Waals surface area contributed by atoms with Gasteiger partial charge in [-0.15, -0.1) is 0 Å². The van der Waals surface area contributed by atoms with Gasteiger partial charge < -0.3 is 5.32 Å². The Hall–Kier alpha value is -3.16. The fraction of sp³-hybridized carbons (Fsp3) is 0.130. The van der Waals surface area contributed by atoms with E-state index in [0.717, 1.165) is 10.6 Å². The van der Waals surface area contributed by atoms with Crippen molar-refractivity contribution in [1.29, 1.82) is 0 Å². The van der Waals surface area contributed by atoms with Crippen LogP contribution in [0.1, 0.15) is 22.8 Å². The van der Waals surface area contributed by atoms with E-state index in [0.29, 0.717) is 16.3 Å². The zero-order chi connectivity index (χ0) is 22.6. The van der Waals surface area contributed by atoms with Gasteiger partial charge in [0, 0.05) is 16.1 Å². The first-order valence-electron chi connectivity index (χ1n) is 9.43. The Kier molecular flexibility index (Phi) is 6.77. The minimum Gasteiger partial charge on any atom is -0.324 e. The van der Waals surface area contributed by atoms with Crippen LogP contribution in [0.3, 0.4) is 0 Å². The molecule has 0 aliphatic rings. The SMILES string of the molecule is C[C@H](C(=O)Nc1ccc(Cl)cc1C(=O)c1ccccc1)N(c1ccccc1)S(C)(=O)=O. The quantitative estimate of drug-likeness (QED) is 0.535. The van der Waals surface area contributed by atoms with Crippen molar-refractivity contribution in [3.8, 4) is 0 Å². The molecule has 3 aromatic rings. The largest absolute Gasteiger partial charge is 0.324 e. The fourth-order valence-electron chi connectivity index (χ4n) is 3.18. The third kappa shape index (κ3) is 5.31. The molecule has 0 aliphatic heterocycles. The van der Waals surface area contributed by atoms with Crippen LogP contribution in [0, 0.1) is 0 Å². The van der Waals surface area contributed by atoms with Crippen molar-refractivity contribution in [2.24, 2.45) is 0 Å². The second kappa shape index (κ2) is 9.32. The Bertz CT molecular complexity index is 1200. The van der Waals surface area contributed by atoms with Crippen LogP contribution < -0.4 is 9.62 Å². The summed E-state index contributed by atoms with van der Waals surface area (Å²) in [7, 11) is -3.75. The Balaban J connectivity index is 1.93. The molecule has 8 heteroatoms. The molecule has 3 aromatic carbocycles. The monoisotopic (exact) mass is 456 g/mol. The molecule has 0 spiro atoms. The highest BCUT2D eigenvalue weighted by Gasteiger charge is 2.29. The number of sulfonamides is 1. The van der Waals surface area contributed by atoms with Gasteiger partial charge >= 0.3 is 0 Å². The first kappa shape index (κ1) is 22.5. The first-order chi connectivity index (χ1) is 14.7. The van der Waals surface area contributed by atoms with E-state index in [1.807, 2.05) is 0 Å². The highest BCUT2D eigenvalue weighted by molar-refractivity contribution is 7.92. The predicted octanol–water partition coefficient (Wildman–Crippen LogP) is 4.36. The summed E-state index contributed by atoms with van der Waals surface area (Å²) in [6.07, 6.45) is 1.04. The number of para-hydroxylation sites is 1. The minimum atomic E-state index is -3.75. The molecule has 0 radical (unpaired) electrons. The predicted molar refractivity (Wildman–Crippen MR) is 123 cm³/mol. The molecule has 6 nitrogen and oxygen atoms in total. The van der Waals surface area contributed by atoms with Gasteiger partial charge in [0.05, 0.1) is 17.6 Å². The van der Waals surface area contributed by atoms with Gasteiger partial charge in [-0.05, 0) is 37.3 Å². The minimum absolute atomic E-state index is 0.213. The van der Waals surface area contributed by atoms with Gasteiger partial charge in [0.15, 0.2) is 5.78 Å². The van der Waals surface area contributed by atoms with Gasteiger partial charge in [-0.1, -0.05) is 60.1 Å². The van der Waals surface area contributed by atoms with Crippen molar-refractivity contribution in [3.05, 3.63) is 95.0 Å². The van der Waals surface area contributed by atoms with Gasteiger partial charge in [-0.2, -0.15) is 0 Å². The molecule has 0 aliphatic carbocycles. The average Bonchev–Trinajstić information content (AvgIpc) is 2.75. The normalized spacial score (nSPS) is 12.1. The number of anilines is 2. The summed E-state index contributed by atoms with van der Waals surface area (Å²) in [5, 5.41) is 3.03. The molecule has 1 atom stereocenters. The lowest BCUT2D eigenvalue weighted by Crippen LogP contribution is -2.45. The molecule has 0 bridgehead atoms. The van der Waals surface area contributed by atoms with E-state index in [1.54, 1.807) is 66.7 Å². The molecule has 0 unspecified atom stereocenters. The summed E-state index contributed by atoms with van der Waals surface area (Å²) in [5.41, 5.74) is 1.26. The molecule has 0 saturated carbocycles. The molecule has 0 fully saturated rings. The lowest BCUT2D eigenvalue weighted by atomic mass is 10.0. The Morgan fingerprint density at radius 3 is 2.10 bits per heavy atom. The lowest BCUT2D eigenvalue weighted by molar-refractivity contribution is -0.116. The average molecular weight is 457 g/mol. The Morgan fingerprint density at radius 2 is 1.52 bits per heavy atom. The molecule has 0 heterocycles.